The van der Waals surface area contributed by atoms with Crippen LogP contribution in [0.2, 0.25) is 0 Å². The number of likely N-dealkylation sites (N-methyl/N-ethyl adjacent to an activating group) is 1. The van der Waals surface area contributed by atoms with E-state index in [0.29, 0.717) is 13.0 Å². The Morgan fingerprint density at radius 2 is 2.13 bits per heavy atom. The number of nitrogens with zero attached hydrogens (tertiary/aromatic N) is 1. The molecule has 2 N–H and O–H groups in total. The van der Waals surface area contributed by atoms with Crippen LogP contribution in [-0.2, 0) is 9.59 Å². The van der Waals surface area contributed by atoms with Gasteiger partial charge in [0.25, 0.3) is 5.91 Å². The number of hydrogen-bond donors (Lipinski definition) is 2. The number of urea groups is 1. The number of nitrogens with one attached hydrogen (secondary N) is 2. The van der Waals surface area contributed by atoms with Gasteiger partial charge in [0.1, 0.15) is 12.6 Å². The molecule has 0 aromatic carbocycles. The highest BCUT2D eigenvalue weighted by Crippen LogP contribution is 2.08. The Hall–Kier alpha value is -1.59. The van der Waals surface area contributed by atoms with Gasteiger partial charge >= 0.3 is 6.03 Å². The summed E-state index contributed by atoms with van der Waals surface area (Å²) in [6.07, 6.45) is 0.538. The standard InChI is InChI=1S/C9H15N3O3/c1-3-6-8(14)12(9(15)11-6)5-7(13)10-4-2/h6H,3-5H2,1-2H3,(H,10,13)(H,11,15). The zero-order chi connectivity index (χ0) is 11.4. The van der Waals surface area contributed by atoms with Gasteiger partial charge in [-0.2, -0.15) is 0 Å². The quantitative estimate of drug-likeness (QED) is 0.615. The van der Waals surface area contributed by atoms with Gasteiger partial charge < -0.3 is 10.6 Å². The zero-order valence-electron chi connectivity index (χ0n) is 8.87. The highest BCUT2D eigenvalue weighted by atomic mass is 16.2. The third kappa shape index (κ3) is 2.45. The van der Waals surface area contributed by atoms with Crippen molar-refractivity contribution in [2.24, 2.45) is 0 Å². The Morgan fingerprint density at radius 3 is 2.60 bits per heavy atom. The Balaban J connectivity index is 2.59. The summed E-state index contributed by atoms with van der Waals surface area (Å²) in [4.78, 5) is 35.0. The molecule has 6 nitrogen and oxygen atoms in total. The number of imide groups is 1. The van der Waals surface area contributed by atoms with E-state index in [2.05, 4.69) is 10.6 Å². The van der Waals surface area contributed by atoms with Crippen LogP contribution >= 0.6 is 0 Å². The van der Waals surface area contributed by atoms with Gasteiger partial charge in [0.05, 0.1) is 0 Å². The number of carbonyl (C=O) groups excluding carboxylic acids is 3. The Labute approximate surface area is 88.0 Å². The SMILES string of the molecule is CCNC(=O)CN1C(=O)NC(CC)C1=O. The van der Waals surface area contributed by atoms with Crippen LogP contribution in [-0.4, -0.2) is 41.9 Å². The van der Waals surface area contributed by atoms with Gasteiger partial charge in [0.15, 0.2) is 0 Å². The van der Waals surface area contributed by atoms with Crippen LogP contribution < -0.4 is 10.6 Å². The van der Waals surface area contributed by atoms with E-state index in [1.807, 2.05) is 0 Å². The lowest BCUT2D eigenvalue weighted by atomic mass is 10.2. The first-order valence-electron chi connectivity index (χ1n) is 4.98. The van der Waals surface area contributed by atoms with Crippen molar-refractivity contribution in [2.75, 3.05) is 13.1 Å². The van der Waals surface area contributed by atoms with E-state index in [1.165, 1.54) is 0 Å². The van der Waals surface area contributed by atoms with E-state index in [9.17, 15) is 14.4 Å². The smallest absolute Gasteiger partial charge is 0.325 e. The summed E-state index contributed by atoms with van der Waals surface area (Å²) in [7, 11) is 0. The van der Waals surface area contributed by atoms with Crippen molar-refractivity contribution in [1.82, 2.24) is 15.5 Å². The zero-order valence-corrected chi connectivity index (χ0v) is 8.87. The molecule has 15 heavy (non-hydrogen) atoms. The summed E-state index contributed by atoms with van der Waals surface area (Å²) in [5.41, 5.74) is 0. The van der Waals surface area contributed by atoms with Gasteiger partial charge in [0.2, 0.25) is 5.91 Å². The predicted molar refractivity (Wildman–Crippen MR) is 53.0 cm³/mol. The molecule has 1 atom stereocenters. The van der Waals surface area contributed by atoms with Gasteiger partial charge in [-0.15, -0.1) is 0 Å². The number of carbonyl (C=O) groups is 3. The molecular weight excluding hydrogens is 198 g/mol. The average Bonchev–Trinajstić information content (AvgIpc) is 2.45. The van der Waals surface area contributed by atoms with Crippen LogP contribution in [0.5, 0.6) is 0 Å². The summed E-state index contributed by atoms with van der Waals surface area (Å²) < 4.78 is 0. The minimum Gasteiger partial charge on any atom is -0.355 e. The van der Waals surface area contributed by atoms with Gasteiger partial charge in [-0.05, 0) is 13.3 Å². The van der Waals surface area contributed by atoms with E-state index in [1.54, 1.807) is 13.8 Å². The van der Waals surface area contributed by atoms with Crippen LogP contribution in [0, 0.1) is 0 Å². The largest absolute Gasteiger partial charge is 0.355 e. The van der Waals surface area contributed by atoms with Crippen molar-refractivity contribution in [2.45, 2.75) is 26.3 Å². The third-order valence-corrected chi connectivity index (χ3v) is 2.19. The average molecular weight is 213 g/mol. The highest BCUT2D eigenvalue weighted by molar-refractivity contribution is 6.06. The van der Waals surface area contributed by atoms with Crippen molar-refractivity contribution in [3.8, 4) is 0 Å². The summed E-state index contributed by atoms with van der Waals surface area (Å²) in [5, 5.41) is 5.04. The molecule has 1 unspecified atom stereocenters. The molecule has 0 aliphatic carbocycles. The van der Waals surface area contributed by atoms with Gasteiger partial charge in [-0.3, -0.25) is 14.5 Å². The van der Waals surface area contributed by atoms with Crippen LogP contribution in [0.25, 0.3) is 0 Å². The molecule has 1 aliphatic heterocycles. The Kier molecular flexibility index (Phi) is 3.65. The monoisotopic (exact) mass is 213 g/mol. The van der Waals surface area contributed by atoms with Gasteiger partial charge in [0, 0.05) is 6.54 Å². The third-order valence-electron chi connectivity index (χ3n) is 2.19. The van der Waals surface area contributed by atoms with Gasteiger partial charge in [-0.1, -0.05) is 6.92 Å². The first-order chi connectivity index (χ1) is 7.10. The predicted octanol–water partition coefficient (Wildman–Crippen LogP) is -0.547. The van der Waals surface area contributed by atoms with Crippen LogP contribution in [0.15, 0.2) is 0 Å². The summed E-state index contributed by atoms with van der Waals surface area (Å²) in [5.74, 6) is -0.647. The van der Waals surface area contributed by atoms with Crippen molar-refractivity contribution in [3.05, 3.63) is 0 Å². The fourth-order valence-electron chi connectivity index (χ4n) is 1.40. The van der Waals surface area contributed by atoms with E-state index < -0.39 is 12.1 Å². The van der Waals surface area contributed by atoms with Crippen molar-refractivity contribution < 1.29 is 14.4 Å². The van der Waals surface area contributed by atoms with E-state index in [4.69, 9.17) is 0 Å². The molecule has 0 bridgehead atoms. The molecule has 1 fully saturated rings. The van der Waals surface area contributed by atoms with E-state index in [0.717, 1.165) is 4.90 Å². The molecule has 84 valence electrons. The molecule has 0 spiro atoms. The van der Waals surface area contributed by atoms with Crippen LogP contribution in [0.4, 0.5) is 4.79 Å². The second-order valence-electron chi connectivity index (χ2n) is 3.29. The fourth-order valence-corrected chi connectivity index (χ4v) is 1.40. The molecular formula is C9H15N3O3. The molecule has 1 rings (SSSR count). The molecule has 0 aromatic heterocycles. The fraction of sp³-hybridized carbons (Fsp3) is 0.667. The van der Waals surface area contributed by atoms with Crippen molar-refractivity contribution in [3.63, 3.8) is 0 Å². The Morgan fingerprint density at radius 1 is 1.47 bits per heavy atom. The molecule has 0 radical (unpaired) electrons. The Bertz CT molecular complexity index is 290. The minimum atomic E-state index is -0.488. The molecule has 4 amide bonds. The summed E-state index contributed by atoms with van der Waals surface area (Å²) in [6, 6.07) is -0.968. The maximum absolute atomic E-state index is 11.5. The lowest BCUT2D eigenvalue weighted by molar-refractivity contribution is -0.132. The van der Waals surface area contributed by atoms with Crippen molar-refractivity contribution in [1.29, 1.82) is 0 Å². The molecule has 1 aliphatic rings. The number of rotatable bonds is 4. The maximum atomic E-state index is 11.5. The molecule has 1 saturated heterocycles. The summed E-state index contributed by atoms with van der Waals surface area (Å²) >= 11 is 0. The number of hydrogen-bond acceptors (Lipinski definition) is 3. The lowest BCUT2D eigenvalue weighted by Gasteiger charge is -2.11. The number of amides is 4. The van der Waals surface area contributed by atoms with Crippen LogP contribution in [0.3, 0.4) is 0 Å². The second-order valence-corrected chi connectivity index (χ2v) is 3.29. The normalized spacial score (nSPS) is 20.4. The first-order valence-corrected chi connectivity index (χ1v) is 4.98. The highest BCUT2D eigenvalue weighted by Gasteiger charge is 2.37. The van der Waals surface area contributed by atoms with Crippen molar-refractivity contribution >= 4 is 17.8 Å². The van der Waals surface area contributed by atoms with E-state index in [-0.39, 0.29) is 18.4 Å². The summed E-state index contributed by atoms with van der Waals surface area (Å²) in [6.45, 7) is 3.87. The molecule has 0 saturated carbocycles. The van der Waals surface area contributed by atoms with Crippen LogP contribution in [0.1, 0.15) is 20.3 Å². The second kappa shape index (κ2) is 4.77. The topological polar surface area (TPSA) is 78.5 Å². The maximum Gasteiger partial charge on any atom is 0.325 e. The molecule has 1 heterocycles. The lowest BCUT2D eigenvalue weighted by Crippen LogP contribution is -2.41. The molecule has 6 heteroatoms. The minimum absolute atomic E-state index is 0.199. The molecule has 0 aromatic rings. The van der Waals surface area contributed by atoms with Gasteiger partial charge in [-0.25, -0.2) is 4.79 Å². The first kappa shape index (κ1) is 11.5. The van der Waals surface area contributed by atoms with E-state index >= 15 is 0 Å².